The third-order valence-corrected chi connectivity index (χ3v) is 3.74. The summed E-state index contributed by atoms with van der Waals surface area (Å²) in [5, 5.41) is 0. The number of methoxy groups -OCH3 is 1. The molecule has 0 aliphatic carbocycles. The van der Waals surface area contributed by atoms with Crippen molar-refractivity contribution in [3.8, 4) is 0 Å². The van der Waals surface area contributed by atoms with Crippen molar-refractivity contribution in [2.45, 2.75) is 0 Å². The maximum atomic E-state index is 8.63. The van der Waals surface area contributed by atoms with Gasteiger partial charge in [0.2, 0.25) is 5.69 Å². The van der Waals surface area contributed by atoms with Gasteiger partial charge < -0.3 is 14.5 Å². The molecule has 0 aliphatic rings. The van der Waals surface area contributed by atoms with Gasteiger partial charge in [0.25, 0.3) is 0 Å². The van der Waals surface area contributed by atoms with Crippen LogP contribution in [-0.4, -0.2) is 29.3 Å². The Morgan fingerprint density at radius 2 is 2.22 bits per heavy atom. The van der Waals surface area contributed by atoms with E-state index in [-0.39, 0.29) is 0 Å². The molecule has 0 atom stereocenters. The smallest absolute Gasteiger partial charge is 0.242 e. The summed E-state index contributed by atoms with van der Waals surface area (Å²) in [5.41, 5.74) is -3.03. The molecule has 0 radical (unpaired) electrons. The highest BCUT2D eigenvalue weighted by atomic mass is 32.9. The van der Waals surface area contributed by atoms with Crippen LogP contribution in [-0.2, 0) is 16.5 Å². The zero-order chi connectivity index (χ0) is 7.33. The van der Waals surface area contributed by atoms with E-state index in [0.717, 1.165) is 11.4 Å². The molecular weight excluding hydrogens is 179 g/mol. The minimum Gasteiger partial charge on any atom is -0.384 e. The lowest BCUT2D eigenvalue weighted by Gasteiger charge is -2.04. The predicted octanol–water partition coefficient (Wildman–Crippen LogP) is 0.575. The van der Waals surface area contributed by atoms with Gasteiger partial charge in [0, 0.05) is 12.9 Å². The van der Waals surface area contributed by atoms with Gasteiger partial charge in [-0.05, 0) is 11.8 Å². The van der Waals surface area contributed by atoms with Gasteiger partial charge in [-0.3, -0.25) is 0 Å². The standard InChI is InChI=1S/C3H9O3PS2/c1-6-2-3-9-7(4,5)8/h2-3H2,1H3,(H2,4,5,8). The largest absolute Gasteiger partial charge is 0.384 e. The van der Waals surface area contributed by atoms with E-state index in [9.17, 15) is 0 Å². The minimum absolute atomic E-state index is 0.504. The van der Waals surface area contributed by atoms with Crippen LogP contribution in [0.3, 0.4) is 0 Å². The summed E-state index contributed by atoms with van der Waals surface area (Å²) in [5.74, 6) is 0.542. The van der Waals surface area contributed by atoms with Gasteiger partial charge in [0.15, 0.2) is 0 Å². The van der Waals surface area contributed by atoms with E-state index in [1.54, 1.807) is 7.11 Å². The Balaban J connectivity index is 3.18. The van der Waals surface area contributed by atoms with E-state index < -0.39 is 5.69 Å². The average Bonchev–Trinajstić information content (AvgIpc) is 1.63. The highest BCUT2D eigenvalue weighted by Gasteiger charge is 2.05. The lowest BCUT2D eigenvalue weighted by molar-refractivity contribution is 0.219. The van der Waals surface area contributed by atoms with Crippen LogP contribution in [0.4, 0.5) is 0 Å². The Labute approximate surface area is 63.3 Å². The Morgan fingerprint density at radius 3 is 2.56 bits per heavy atom. The summed E-state index contributed by atoms with van der Waals surface area (Å²) < 4.78 is 4.67. The fraction of sp³-hybridized carbons (Fsp3) is 1.00. The molecule has 6 heteroatoms. The molecule has 0 unspecified atom stereocenters. The summed E-state index contributed by atoms with van der Waals surface area (Å²) >= 11 is 5.30. The van der Waals surface area contributed by atoms with Crippen LogP contribution in [0.25, 0.3) is 0 Å². The minimum atomic E-state index is -3.03. The first kappa shape index (κ1) is 9.88. The molecule has 0 bridgehead atoms. The van der Waals surface area contributed by atoms with Gasteiger partial charge in [-0.2, -0.15) is 0 Å². The number of rotatable bonds is 4. The van der Waals surface area contributed by atoms with Crippen LogP contribution in [0.5, 0.6) is 0 Å². The zero-order valence-corrected chi connectivity index (χ0v) is 7.51. The van der Waals surface area contributed by atoms with Crippen LogP contribution in [0.15, 0.2) is 0 Å². The SMILES string of the molecule is COCCSP(O)(O)=S. The number of hydrogen-bond acceptors (Lipinski definition) is 3. The molecule has 0 aliphatic heterocycles. The van der Waals surface area contributed by atoms with Crippen LogP contribution in [0.2, 0.25) is 0 Å². The van der Waals surface area contributed by atoms with Gasteiger partial charge in [-0.15, -0.1) is 0 Å². The molecule has 0 amide bonds. The molecule has 0 fully saturated rings. The Morgan fingerprint density at radius 1 is 1.67 bits per heavy atom. The maximum absolute atomic E-state index is 8.63. The summed E-state index contributed by atoms with van der Waals surface area (Å²) in [6.07, 6.45) is 0. The molecule has 56 valence electrons. The molecular formula is C3H9O3PS2. The number of ether oxygens (including phenoxy) is 1. The average molecular weight is 188 g/mol. The quantitative estimate of drug-likeness (QED) is 0.499. The molecule has 3 nitrogen and oxygen atoms in total. The van der Waals surface area contributed by atoms with Gasteiger partial charge in [0.05, 0.1) is 6.61 Å². The highest BCUT2D eigenvalue weighted by molar-refractivity contribution is 8.67. The first-order valence-electron chi connectivity index (χ1n) is 2.25. The molecule has 0 heterocycles. The maximum Gasteiger partial charge on any atom is 0.242 e. The molecule has 0 rings (SSSR count). The van der Waals surface area contributed by atoms with E-state index in [1.807, 2.05) is 0 Å². The topological polar surface area (TPSA) is 49.7 Å². The van der Waals surface area contributed by atoms with Gasteiger partial charge in [-0.25, -0.2) is 0 Å². The predicted molar refractivity (Wildman–Crippen MR) is 43.1 cm³/mol. The van der Waals surface area contributed by atoms with Crippen LogP contribution >= 0.6 is 17.1 Å². The van der Waals surface area contributed by atoms with Crippen molar-refractivity contribution < 1.29 is 14.5 Å². The second kappa shape index (κ2) is 4.66. The second-order valence-corrected chi connectivity index (χ2v) is 7.49. The molecule has 0 spiro atoms. The lowest BCUT2D eigenvalue weighted by Crippen LogP contribution is -1.90. The molecule has 0 saturated carbocycles. The summed E-state index contributed by atoms with van der Waals surface area (Å²) in [6.45, 7) is 0.504. The van der Waals surface area contributed by atoms with Crippen molar-refractivity contribution in [1.82, 2.24) is 0 Å². The van der Waals surface area contributed by atoms with E-state index in [4.69, 9.17) is 9.79 Å². The second-order valence-electron chi connectivity index (χ2n) is 1.32. The monoisotopic (exact) mass is 188 g/mol. The van der Waals surface area contributed by atoms with Crippen LogP contribution in [0.1, 0.15) is 0 Å². The Kier molecular flexibility index (Phi) is 5.11. The number of hydrogen-bond donors (Lipinski definition) is 2. The van der Waals surface area contributed by atoms with E-state index in [1.165, 1.54) is 0 Å². The van der Waals surface area contributed by atoms with Crippen molar-refractivity contribution in [2.75, 3.05) is 19.5 Å². The van der Waals surface area contributed by atoms with Crippen LogP contribution in [0, 0.1) is 0 Å². The molecule has 0 saturated heterocycles. The van der Waals surface area contributed by atoms with Crippen molar-refractivity contribution in [3.63, 3.8) is 0 Å². The fourth-order valence-electron chi connectivity index (χ4n) is 0.240. The Hall–Kier alpha value is 0.880. The molecule has 0 aromatic heterocycles. The van der Waals surface area contributed by atoms with Gasteiger partial charge in [-0.1, -0.05) is 11.4 Å². The highest BCUT2D eigenvalue weighted by Crippen LogP contribution is 2.50. The van der Waals surface area contributed by atoms with Crippen molar-refractivity contribution >= 4 is 28.9 Å². The van der Waals surface area contributed by atoms with E-state index in [2.05, 4.69) is 16.5 Å². The normalized spacial score (nSPS) is 11.9. The first-order valence-corrected chi connectivity index (χ1v) is 6.55. The Bertz CT molecular complexity index is 112. The summed E-state index contributed by atoms with van der Waals surface area (Å²) in [7, 11) is 1.55. The molecule has 0 aromatic rings. The third kappa shape index (κ3) is 8.88. The van der Waals surface area contributed by atoms with E-state index >= 15 is 0 Å². The van der Waals surface area contributed by atoms with Gasteiger partial charge >= 0.3 is 0 Å². The van der Waals surface area contributed by atoms with Crippen molar-refractivity contribution in [1.29, 1.82) is 0 Å². The molecule has 9 heavy (non-hydrogen) atoms. The first-order chi connectivity index (χ1) is 4.06. The third-order valence-electron chi connectivity index (χ3n) is 0.547. The summed E-state index contributed by atoms with van der Waals surface area (Å²) in [6, 6.07) is 0. The fourth-order valence-corrected chi connectivity index (χ4v) is 2.33. The zero-order valence-electron chi connectivity index (χ0n) is 4.98. The van der Waals surface area contributed by atoms with Crippen molar-refractivity contribution in [3.05, 3.63) is 0 Å². The van der Waals surface area contributed by atoms with Gasteiger partial charge in [0.1, 0.15) is 0 Å². The molecule has 0 aromatic carbocycles. The lowest BCUT2D eigenvalue weighted by atomic mass is 10.9. The molecule has 2 N–H and O–H groups in total. The van der Waals surface area contributed by atoms with Crippen LogP contribution < -0.4 is 0 Å². The van der Waals surface area contributed by atoms with E-state index in [0.29, 0.717) is 12.4 Å². The summed E-state index contributed by atoms with van der Waals surface area (Å²) in [4.78, 5) is 17.3. The van der Waals surface area contributed by atoms with Crippen molar-refractivity contribution in [2.24, 2.45) is 0 Å².